The van der Waals surface area contributed by atoms with Crippen molar-refractivity contribution in [3.8, 4) is 5.75 Å². The maximum atomic E-state index is 9.10. The molecule has 0 amide bonds. The molecule has 0 bridgehead atoms. The third kappa shape index (κ3) is 8.36. The summed E-state index contributed by atoms with van der Waals surface area (Å²) in [4.78, 5) is 20.7. The molecule has 7 heteroatoms. The topological polar surface area (TPSA) is 87.1 Å². The average Bonchev–Trinajstić information content (AvgIpc) is 2.59. The summed E-state index contributed by atoms with van der Waals surface area (Å²) in [6, 6.07) is 5.80. The highest BCUT2D eigenvalue weighted by molar-refractivity contribution is 6.30. The first-order chi connectivity index (χ1) is 12.3. The van der Waals surface area contributed by atoms with Crippen molar-refractivity contribution in [1.29, 1.82) is 0 Å². The number of carboxylic acid groups (broad SMARTS) is 2. The number of nitrogens with zero attached hydrogens (tertiary/aromatic N) is 1. The van der Waals surface area contributed by atoms with Gasteiger partial charge in [-0.2, -0.15) is 0 Å². The number of hydrogen-bond acceptors (Lipinski definition) is 4. The molecule has 1 saturated heterocycles. The van der Waals surface area contributed by atoms with Gasteiger partial charge >= 0.3 is 11.9 Å². The lowest BCUT2D eigenvalue weighted by atomic mass is 9.99. The Labute approximate surface area is 159 Å². The number of piperidine rings is 1. The maximum absolute atomic E-state index is 9.10. The van der Waals surface area contributed by atoms with Gasteiger partial charge in [-0.15, -0.1) is 6.58 Å². The van der Waals surface area contributed by atoms with E-state index in [0.717, 1.165) is 41.8 Å². The summed E-state index contributed by atoms with van der Waals surface area (Å²) in [5.41, 5.74) is 1.11. The van der Waals surface area contributed by atoms with E-state index in [1.54, 1.807) is 0 Å². The van der Waals surface area contributed by atoms with E-state index >= 15 is 0 Å². The number of carboxylic acids is 2. The fourth-order valence-electron chi connectivity index (χ4n) is 2.57. The molecule has 1 aliphatic heterocycles. The number of halogens is 1. The molecule has 0 saturated carbocycles. The van der Waals surface area contributed by atoms with Crippen LogP contribution in [0.25, 0.3) is 0 Å². The van der Waals surface area contributed by atoms with Crippen LogP contribution in [0.4, 0.5) is 0 Å². The smallest absolute Gasteiger partial charge is 0.414 e. The molecule has 1 aliphatic rings. The van der Waals surface area contributed by atoms with Crippen molar-refractivity contribution < 1.29 is 24.5 Å². The predicted octanol–water partition coefficient (Wildman–Crippen LogP) is 3.33. The second-order valence-electron chi connectivity index (χ2n) is 6.23. The zero-order valence-corrected chi connectivity index (χ0v) is 15.7. The normalized spacial score (nSPS) is 14.8. The SMILES string of the molecule is C=CCc1cc(Cl)ccc1OCCN1CCC(C)CC1.O=C(O)C(=O)O. The van der Waals surface area contributed by atoms with Gasteiger partial charge in [0, 0.05) is 11.6 Å². The number of hydrogen-bond donors (Lipinski definition) is 2. The summed E-state index contributed by atoms with van der Waals surface area (Å²) in [6.07, 6.45) is 5.28. The summed E-state index contributed by atoms with van der Waals surface area (Å²) in [5, 5.41) is 15.5. The molecule has 0 unspecified atom stereocenters. The molecule has 6 nitrogen and oxygen atoms in total. The molecule has 0 atom stereocenters. The molecule has 0 aliphatic carbocycles. The van der Waals surface area contributed by atoms with Gasteiger partial charge in [-0.05, 0) is 62.0 Å². The average molecular weight is 384 g/mol. The molecule has 1 aromatic carbocycles. The van der Waals surface area contributed by atoms with Crippen LogP contribution in [0.3, 0.4) is 0 Å². The number of benzene rings is 1. The van der Waals surface area contributed by atoms with Crippen molar-refractivity contribution >= 4 is 23.5 Å². The van der Waals surface area contributed by atoms with Gasteiger partial charge in [0.15, 0.2) is 0 Å². The molecule has 0 spiro atoms. The number of aliphatic carboxylic acids is 2. The minimum absolute atomic E-state index is 0.736. The van der Waals surface area contributed by atoms with Crippen LogP contribution in [-0.2, 0) is 16.0 Å². The van der Waals surface area contributed by atoms with Gasteiger partial charge in [0.25, 0.3) is 0 Å². The van der Waals surface area contributed by atoms with E-state index < -0.39 is 11.9 Å². The van der Waals surface area contributed by atoms with Gasteiger partial charge in [0.05, 0.1) is 0 Å². The van der Waals surface area contributed by atoms with E-state index in [1.807, 2.05) is 24.3 Å². The van der Waals surface area contributed by atoms with Crippen molar-refractivity contribution in [2.45, 2.75) is 26.2 Å². The van der Waals surface area contributed by atoms with E-state index in [2.05, 4.69) is 18.4 Å². The summed E-state index contributed by atoms with van der Waals surface area (Å²) in [7, 11) is 0. The fourth-order valence-corrected chi connectivity index (χ4v) is 2.77. The van der Waals surface area contributed by atoms with Crippen LogP contribution < -0.4 is 4.74 Å². The highest BCUT2D eigenvalue weighted by Crippen LogP contribution is 2.24. The van der Waals surface area contributed by atoms with Gasteiger partial charge in [-0.3, -0.25) is 4.90 Å². The monoisotopic (exact) mass is 383 g/mol. The van der Waals surface area contributed by atoms with Crippen molar-refractivity contribution in [2.75, 3.05) is 26.2 Å². The van der Waals surface area contributed by atoms with Crippen LogP contribution in [0.2, 0.25) is 5.02 Å². The van der Waals surface area contributed by atoms with E-state index in [9.17, 15) is 0 Å². The van der Waals surface area contributed by atoms with Crippen molar-refractivity contribution in [1.82, 2.24) is 4.90 Å². The lowest BCUT2D eigenvalue weighted by molar-refractivity contribution is -0.159. The second kappa shape index (κ2) is 11.5. The molecule has 2 rings (SSSR count). The Bertz CT molecular complexity index is 600. The number of carbonyl (C=O) groups is 2. The molecule has 0 aromatic heterocycles. The van der Waals surface area contributed by atoms with E-state index in [-0.39, 0.29) is 0 Å². The van der Waals surface area contributed by atoms with E-state index in [0.29, 0.717) is 0 Å². The predicted molar refractivity (Wildman–Crippen MR) is 101 cm³/mol. The lowest BCUT2D eigenvalue weighted by Gasteiger charge is -2.30. The third-order valence-corrected chi connectivity index (χ3v) is 4.35. The van der Waals surface area contributed by atoms with Gasteiger partial charge in [-0.25, -0.2) is 9.59 Å². The lowest BCUT2D eigenvalue weighted by Crippen LogP contribution is -2.35. The first kappa shape index (κ1) is 22.0. The number of likely N-dealkylation sites (tertiary alicyclic amines) is 1. The number of rotatable bonds is 6. The van der Waals surface area contributed by atoms with Crippen LogP contribution in [0.1, 0.15) is 25.3 Å². The van der Waals surface area contributed by atoms with Crippen molar-refractivity contribution in [3.63, 3.8) is 0 Å². The Morgan fingerprint density at radius 1 is 1.31 bits per heavy atom. The van der Waals surface area contributed by atoms with Crippen LogP contribution in [0.15, 0.2) is 30.9 Å². The summed E-state index contributed by atoms with van der Waals surface area (Å²) in [6.45, 7) is 10.3. The fraction of sp³-hybridized carbons (Fsp3) is 0.474. The minimum Gasteiger partial charge on any atom is -0.492 e. The maximum Gasteiger partial charge on any atom is 0.414 e. The molecule has 1 fully saturated rings. The molecule has 0 radical (unpaired) electrons. The van der Waals surface area contributed by atoms with Crippen LogP contribution >= 0.6 is 11.6 Å². The van der Waals surface area contributed by atoms with E-state index in [4.69, 9.17) is 36.1 Å². The second-order valence-corrected chi connectivity index (χ2v) is 6.66. The molecular formula is C19H26ClNO5. The van der Waals surface area contributed by atoms with E-state index in [1.165, 1.54) is 25.9 Å². The van der Waals surface area contributed by atoms with Gasteiger partial charge in [0.2, 0.25) is 0 Å². The standard InChI is InChI=1S/C17H24ClNO.C2H2O4/c1-3-4-15-13-16(18)5-6-17(15)20-12-11-19-9-7-14(2)8-10-19;3-1(4)2(5)6/h3,5-6,13-14H,1,4,7-12H2,2H3;(H,3,4)(H,5,6). The van der Waals surface area contributed by atoms with Gasteiger partial charge in [-0.1, -0.05) is 24.6 Å². The molecule has 1 heterocycles. The van der Waals surface area contributed by atoms with Crippen molar-refractivity contribution in [2.24, 2.45) is 5.92 Å². The Morgan fingerprint density at radius 2 is 1.92 bits per heavy atom. The highest BCUT2D eigenvalue weighted by atomic mass is 35.5. The Morgan fingerprint density at radius 3 is 2.46 bits per heavy atom. The zero-order chi connectivity index (χ0) is 19.5. The quantitative estimate of drug-likeness (QED) is 0.578. The zero-order valence-electron chi connectivity index (χ0n) is 15.0. The third-order valence-electron chi connectivity index (χ3n) is 4.11. The summed E-state index contributed by atoms with van der Waals surface area (Å²) >= 11 is 6.02. The van der Waals surface area contributed by atoms with Crippen molar-refractivity contribution in [3.05, 3.63) is 41.4 Å². The highest BCUT2D eigenvalue weighted by Gasteiger charge is 2.15. The van der Waals surface area contributed by atoms with Crippen LogP contribution in [-0.4, -0.2) is 53.3 Å². The number of allylic oxidation sites excluding steroid dienone is 1. The Hall–Kier alpha value is -2.05. The number of ether oxygens (including phenoxy) is 1. The molecule has 26 heavy (non-hydrogen) atoms. The van der Waals surface area contributed by atoms with Crippen LogP contribution in [0.5, 0.6) is 5.75 Å². The molecule has 144 valence electrons. The minimum atomic E-state index is -1.82. The molecule has 2 N–H and O–H groups in total. The van der Waals surface area contributed by atoms with Gasteiger partial charge in [0.1, 0.15) is 12.4 Å². The first-order valence-electron chi connectivity index (χ1n) is 8.54. The largest absolute Gasteiger partial charge is 0.492 e. The summed E-state index contributed by atoms with van der Waals surface area (Å²) < 4.78 is 5.93. The summed E-state index contributed by atoms with van der Waals surface area (Å²) in [5.74, 6) is -1.84. The molecule has 1 aromatic rings. The van der Waals surface area contributed by atoms with Crippen LogP contribution in [0, 0.1) is 5.92 Å². The van der Waals surface area contributed by atoms with Gasteiger partial charge < -0.3 is 14.9 Å². The first-order valence-corrected chi connectivity index (χ1v) is 8.92. The molecular weight excluding hydrogens is 358 g/mol. The Balaban J connectivity index is 0.000000487. The Kier molecular flexibility index (Phi) is 9.76.